The molecule has 0 saturated carbocycles. The molecule has 3 aromatic rings. The molecule has 0 atom stereocenters. The summed E-state index contributed by atoms with van der Waals surface area (Å²) in [5, 5.41) is 8.96. The lowest BCUT2D eigenvalue weighted by atomic mass is 10.2. The summed E-state index contributed by atoms with van der Waals surface area (Å²) in [4.78, 5) is 15.4. The van der Waals surface area contributed by atoms with E-state index in [4.69, 9.17) is 0 Å². The number of hydrogen-bond acceptors (Lipinski definition) is 6. The minimum atomic E-state index is 0.826. The molecule has 116 valence electrons. The maximum Gasteiger partial charge on any atom is 0.147 e. The Balaban J connectivity index is 1.66. The first-order chi connectivity index (χ1) is 10.6. The molecule has 3 heterocycles. The Morgan fingerprint density at radius 2 is 2.00 bits per heavy atom. The number of aryl methyl sites for hydroxylation is 5. The summed E-state index contributed by atoms with van der Waals surface area (Å²) < 4.78 is 1.95. The van der Waals surface area contributed by atoms with E-state index in [1.165, 1.54) is 10.4 Å². The predicted octanol–water partition coefficient (Wildman–Crippen LogP) is 3.02. The summed E-state index contributed by atoms with van der Waals surface area (Å²) in [7, 11) is 0. The van der Waals surface area contributed by atoms with Crippen LogP contribution >= 0.6 is 11.3 Å². The lowest BCUT2D eigenvalue weighted by molar-refractivity contribution is 0.571. The van der Waals surface area contributed by atoms with Gasteiger partial charge >= 0.3 is 0 Å². The lowest BCUT2D eigenvalue weighted by Gasteiger charge is -2.08. The molecule has 0 unspecified atom stereocenters. The fraction of sp³-hybridized carbons (Fsp3) is 0.467. The summed E-state index contributed by atoms with van der Waals surface area (Å²) >= 11 is 1.72. The van der Waals surface area contributed by atoms with E-state index in [-0.39, 0.29) is 0 Å². The normalized spacial score (nSPS) is 11.3. The van der Waals surface area contributed by atoms with E-state index in [2.05, 4.69) is 39.2 Å². The quantitative estimate of drug-likeness (QED) is 0.733. The van der Waals surface area contributed by atoms with Crippen LogP contribution in [0.3, 0.4) is 0 Å². The number of nitrogens with zero attached hydrogens (tertiary/aromatic N) is 5. The van der Waals surface area contributed by atoms with Gasteiger partial charge in [-0.15, -0.1) is 11.3 Å². The molecule has 1 N–H and O–H groups in total. The van der Waals surface area contributed by atoms with E-state index in [9.17, 15) is 0 Å². The first-order valence-electron chi connectivity index (χ1n) is 7.39. The summed E-state index contributed by atoms with van der Waals surface area (Å²) in [5.74, 6) is 2.72. The van der Waals surface area contributed by atoms with Gasteiger partial charge in [-0.3, -0.25) is 4.68 Å². The van der Waals surface area contributed by atoms with E-state index < -0.39 is 0 Å². The molecule has 3 aromatic heterocycles. The van der Waals surface area contributed by atoms with Crippen LogP contribution in [0, 0.1) is 27.7 Å². The van der Waals surface area contributed by atoms with Crippen LogP contribution in [0.25, 0.3) is 10.2 Å². The molecule has 22 heavy (non-hydrogen) atoms. The monoisotopic (exact) mass is 316 g/mol. The van der Waals surface area contributed by atoms with E-state index in [1.54, 1.807) is 17.7 Å². The second-order valence-corrected chi connectivity index (χ2v) is 6.60. The molecule has 0 spiro atoms. The zero-order valence-electron chi connectivity index (χ0n) is 13.3. The van der Waals surface area contributed by atoms with Crippen molar-refractivity contribution in [3.63, 3.8) is 0 Å². The molecular weight excluding hydrogens is 296 g/mol. The van der Waals surface area contributed by atoms with Gasteiger partial charge in [0.05, 0.1) is 5.39 Å². The SMILES string of the molecule is Cc1nc(C)n(CCCNc2ncnc3sc(C)c(C)c23)n1. The highest BCUT2D eigenvalue weighted by Crippen LogP contribution is 2.32. The van der Waals surface area contributed by atoms with Crippen LogP contribution in [0.5, 0.6) is 0 Å². The highest BCUT2D eigenvalue weighted by Gasteiger charge is 2.11. The molecule has 7 heteroatoms. The molecule has 0 aliphatic rings. The maximum absolute atomic E-state index is 4.40. The smallest absolute Gasteiger partial charge is 0.147 e. The van der Waals surface area contributed by atoms with E-state index >= 15 is 0 Å². The van der Waals surface area contributed by atoms with Gasteiger partial charge in [0.2, 0.25) is 0 Å². The van der Waals surface area contributed by atoms with Gasteiger partial charge in [0.1, 0.15) is 28.6 Å². The van der Waals surface area contributed by atoms with Crippen LogP contribution in [0.4, 0.5) is 5.82 Å². The van der Waals surface area contributed by atoms with Gasteiger partial charge in [-0.1, -0.05) is 0 Å². The molecule has 0 saturated heterocycles. The van der Waals surface area contributed by atoms with Crippen molar-refractivity contribution in [2.24, 2.45) is 0 Å². The van der Waals surface area contributed by atoms with Crippen molar-refractivity contribution in [2.75, 3.05) is 11.9 Å². The Bertz CT molecular complexity index is 804. The van der Waals surface area contributed by atoms with Crippen molar-refractivity contribution in [3.05, 3.63) is 28.4 Å². The minimum Gasteiger partial charge on any atom is -0.369 e. The topological polar surface area (TPSA) is 68.5 Å². The van der Waals surface area contributed by atoms with Crippen LogP contribution in [-0.4, -0.2) is 31.3 Å². The van der Waals surface area contributed by atoms with Gasteiger partial charge in [0, 0.05) is 18.0 Å². The minimum absolute atomic E-state index is 0.826. The fourth-order valence-electron chi connectivity index (χ4n) is 2.53. The molecule has 0 bridgehead atoms. The zero-order valence-corrected chi connectivity index (χ0v) is 14.2. The molecule has 3 rings (SSSR count). The van der Waals surface area contributed by atoms with Gasteiger partial charge in [-0.2, -0.15) is 5.10 Å². The number of anilines is 1. The summed E-state index contributed by atoms with van der Waals surface area (Å²) in [5.41, 5.74) is 1.27. The Kier molecular flexibility index (Phi) is 4.06. The van der Waals surface area contributed by atoms with Gasteiger partial charge in [0.15, 0.2) is 0 Å². The number of nitrogens with one attached hydrogen (secondary N) is 1. The standard InChI is InChI=1S/C15H20N6S/c1-9-10(2)22-15-13(9)14(17-8-18-15)16-6-5-7-21-12(4)19-11(3)20-21/h8H,5-7H2,1-4H3,(H,16,17,18). The van der Waals surface area contributed by atoms with Gasteiger partial charge < -0.3 is 5.32 Å². The molecule has 0 aromatic carbocycles. The van der Waals surface area contributed by atoms with Crippen molar-refractivity contribution in [2.45, 2.75) is 40.7 Å². The van der Waals surface area contributed by atoms with E-state index in [0.717, 1.165) is 47.2 Å². The first kappa shape index (κ1) is 14.9. The Morgan fingerprint density at radius 3 is 2.73 bits per heavy atom. The zero-order chi connectivity index (χ0) is 15.7. The molecular formula is C15H20N6S. The average molecular weight is 316 g/mol. The third kappa shape index (κ3) is 2.81. The molecule has 0 radical (unpaired) electrons. The third-order valence-corrected chi connectivity index (χ3v) is 4.88. The number of rotatable bonds is 5. The molecule has 0 aliphatic carbocycles. The second kappa shape index (κ2) is 6.00. The molecule has 0 amide bonds. The van der Waals surface area contributed by atoms with Crippen molar-refractivity contribution in [1.82, 2.24) is 24.7 Å². The molecule has 6 nitrogen and oxygen atoms in total. The average Bonchev–Trinajstić information content (AvgIpc) is 2.95. The maximum atomic E-state index is 4.40. The van der Waals surface area contributed by atoms with E-state index in [0.29, 0.717) is 0 Å². The van der Waals surface area contributed by atoms with Gasteiger partial charge in [-0.25, -0.2) is 15.0 Å². The summed E-state index contributed by atoms with van der Waals surface area (Å²) in [6, 6.07) is 0. The first-order valence-corrected chi connectivity index (χ1v) is 8.20. The highest BCUT2D eigenvalue weighted by molar-refractivity contribution is 7.18. The predicted molar refractivity (Wildman–Crippen MR) is 89.5 cm³/mol. The van der Waals surface area contributed by atoms with Crippen molar-refractivity contribution >= 4 is 27.4 Å². The number of fused-ring (bicyclic) bond motifs is 1. The number of hydrogen-bond donors (Lipinski definition) is 1. The van der Waals surface area contributed by atoms with Gasteiger partial charge in [-0.05, 0) is 39.7 Å². The van der Waals surface area contributed by atoms with E-state index in [1.807, 2.05) is 18.5 Å². The molecule has 0 aliphatic heterocycles. The van der Waals surface area contributed by atoms with Crippen LogP contribution in [0.1, 0.15) is 28.5 Å². The van der Waals surface area contributed by atoms with Crippen LogP contribution in [0.2, 0.25) is 0 Å². The highest BCUT2D eigenvalue weighted by atomic mass is 32.1. The number of aromatic nitrogens is 5. The summed E-state index contributed by atoms with van der Waals surface area (Å²) in [6.07, 6.45) is 2.60. The fourth-order valence-corrected chi connectivity index (χ4v) is 3.52. The van der Waals surface area contributed by atoms with Crippen LogP contribution < -0.4 is 5.32 Å². The molecule has 0 fully saturated rings. The lowest BCUT2D eigenvalue weighted by Crippen LogP contribution is -2.10. The third-order valence-electron chi connectivity index (χ3n) is 3.77. The van der Waals surface area contributed by atoms with Crippen molar-refractivity contribution in [3.8, 4) is 0 Å². The Morgan fingerprint density at radius 1 is 1.18 bits per heavy atom. The van der Waals surface area contributed by atoms with Crippen molar-refractivity contribution < 1.29 is 0 Å². The Labute approximate surface area is 133 Å². The van der Waals surface area contributed by atoms with Crippen molar-refractivity contribution in [1.29, 1.82) is 0 Å². The summed E-state index contributed by atoms with van der Waals surface area (Å²) in [6.45, 7) is 9.86. The number of thiophene rings is 1. The van der Waals surface area contributed by atoms with Gasteiger partial charge in [0.25, 0.3) is 0 Å². The van der Waals surface area contributed by atoms with Crippen LogP contribution in [-0.2, 0) is 6.54 Å². The second-order valence-electron chi connectivity index (χ2n) is 5.40. The largest absolute Gasteiger partial charge is 0.369 e. The Hall–Kier alpha value is -2.02. The van der Waals surface area contributed by atoms with Crippen LogP contribution in [0.15, 0.2) is 6.33 Å².